The van der Waals surface area contributed by atoms with Crippen LogP contribution in [-0.2, 0) is 4.79 Å². The van der Waals surface area contributed by atoms with Crippen molar-refractivity contribution in [3.05, 3.63) is 60.4 Å². The summed E-state index contributed by atoms with van der Waals surface area (Å²) in [6.07, 6.45) is 4.16. The Morgan fingerprint density at radius 1 is 1.16 bits per heavy atom. The summed E-state index contributed by atoms with van der Waals surface area (Å²) in [5.74, 6) is -0.879. The summed E-state index contributed by atoms with van der Waals surface area (Å²) in [6.45, 7) is 4.38. The number of nitrogens with zero attached hydrogens (tertiary/aromatic N) is 3. The average Bonchev–Trinajstić information content (AvgIpc) is 3.23. The van der Waals surface area contributed by atoms with Gasteiger partial charge in [-0.25, -0.2) is 15.0 Å². The lowest BCUT2D eigenvalue weighted by atomic mass is 9.92. The number of aromatic nitrogens is 3. The van der Waals surface area contributed by atoms with Crippen molar-refractivity contribution in [2.75, 3.05) is 11.9 Å². The van der Waals surface area contributed by atoms with E-state index in [1.54, 1.807) is 23.7 Å². The van der Waals surface area contributed by atoms with Crippen molar-refractivity contribution in [2.45, 2.75) is 32.6 Å². The van der Waals surface area contributed by atoms with E-state index in [0.29, 0.717) is 18.3 Å². The van der Waals surface area contributed by atoms with E-state index in [1.807, 2.05) is 50.2 Å². The van der Waals surface area contributed by atoms with Gasteiger partial charge in [-0.1, -0.05) is 25.1 Å². The van der Waals surface area contributed by atoms with Gasteiger partial charge in [0.05, 0.1) is 41.3 Å². The molecule has 2 aromatic heterocycles. The molecule has 8 heteroatoms. The van der Waals surface area contributed by atoms with Crippen LogP contribution in [0.3, 0.4) is 0 Å². The van der Waals surface area contributed by atoms with Crippen molar-refractivity contribution in [3.63, 3.8) is 0 Å². The van der Waals surface area contributed by atoms with Crippen molar-refractivity contribution in [2.24, 2.45) is 0 Å². The molecule has 0 spiro atoms. The minimum Gasteiger partial charge on any atom is -0.481 e. The molecule has 4 rings (SSSR count). The number of hydrogen-bond acceptors (Lipinski definition) is 7. The summed E-state index contributed by atoms with van der Waals surface area (Å²) in [4.78, 5) is 24.6. The van der Waals surface area contributed by atoms with Gasteiger partial charge < -0.3 is 15.2 Å². The number of thiazole rings is 1. The predicted octanol–water partition coefficient (Wildman–Crippen LogP) is 5.86. The van der Waals surface area contributed by atoms with Gasteiger partial charge in [-0.05, 0) is 49.1 Å². The second-order valence-corrected chi connectivity index (χ2v) is 8.34. The maximum atomic E-state index is 11.3. The van der Waals surface area contributed by atoms with Crippen LogP contribution >= 0.6 is 11.3 Å². The van der Waals surface area contributed by atoms with Crippen LogP contribution in [0.25, 0.3) is 20.8 Å². The molecule has 164 valence electrons. The van der Waals surface area contributed by atoms with E-state index in [0.717, 1.165) is 38.5 Å². The minimum absolute atomic E-state index is 0.0750. The smallest absolute Gasteiger partial charge is 0.316 e. The lowest BCUT2D eigenvalue weighted by molar-refractivity contribution is -0.137. The molecule has 0 unspecified atom stereocenters. The van der Waals surface area contributed by atoms with Crippen LogP contribution in [0, 0.1) is 0 Å². The van der Waals surface area contributed by atoms with E-state index in [1.165, 1.54) is 0 Å². The number of aliphatic carboxylic acids is 1. The number of hydrogen-bond donors (Lipinski definition) is 2. The number of benzene rings is 2. The molecule has 2 aromatic carbocycles. The van der Waals surface area contributed by atoms with Crippen LogP contribution in [0.15, 0.2) is 54.9 Å². The Morgan fingerprint density at radius 3 is 2.62 bits per heavy atom. The topological polar surface area (TPSA) is 97.2 Å². The van der Waals surface area contributed by atoms with Crippen molar-refractivity contribution in [1.82, 2.24) is 15.0 Å². The normalized spacial score (nSPS) is 11.9. The summed E-state index contributed by atoms with van der Waals surface area (Å²) in [7, 11) is 0. The van der Waals surface area contributed by atoms with Crippen molar-refractivity contribution in [1.29, 1.82) is 0 Å². The molecule has 0 fully saturated rings. The van der Waals surface area contributed by atoms with E-state index in [4.69, 9.17) is 9.72 Å². The number of para-hydroxylation sites is 1. The molecule has 0 aliphatic carbocycles. The van der Waals surface area contributed by atoms with Crippen LogP contribution in [0.1, 0.15) is 38.2 Å². The molecule has 0 saturated carbocycles. The van der Waals surface area contributed by atoms with Crippen LogP contribution < -0.4 is 10.1 Å². The molecule has 2 heterocycles. The van der Waals surface area contributed by atoms with Gasteiger partial charge in [0.25, 0.3) is 0 Å². The number of ether oxygens (including phenoxy) is 1. The number of anilines is 2. The third-order valence-corrected chi connectivity index (χ3v) is 6.20. The number of carboxylic acids is 1. The highest BCUT2D eigenvalue weighted by Gasteiger charge is 2.18. The molecule has 0 aliphatic heterocycles. The highest BCUT2D eigenvalue weighted by Crippen LogP contribution is 2.38. The van der Waals surface area contributed by atoms with E-state index in [9.17, 15) is 9.90 Å². The molecule has 2 N–H and O–H groups in total. The molecule has 0 amide bonds. The Hall–Kier alpha value is -3.52. The SMILES string of the molecule is CCOc1ncc(Nc2cc([C@H](CC)CC(=O)O)ccc2-c2nc3ccccc3s2)cn1. The number of nitrogens with one attached hydrogen (secondary N) is 1. The zero-order chi connectivity index (χ0) is 22.5. The molecular weight excluding hydrogens is 424 g/mol. The monoisotopic (exact) mass is 448 g/mol. The van der Waals surface area contributed by atoms with Crippen LogP contribution in [0.2, 0.25) is 0 Å². The molecular formula is C24H24N4O3S. The predicted molar refractivity (Wildman–Crippen MR) is 127 cm³/mol. The Kier molecular flexibility index (Phi) is 6.61. The Balaban J connectivity index is 1.75. The first kappa shape index (κ1) is 21.7. The van der Waals surface area contributed by atoms with E-state index < -0.39 is 5.97 Å². The van der Waals surface area contributed by atoms with Gasteiger partial charge in [0.15, 0.2) is 0 Å². The van der Waals surface area contributed by atoms with E-state index >= 15 is 0 Å². The first-order valence-electron chi connectivity index (χ1n) is 10.5. The first-order valence-corrected chi connectivity index (χ1v) is 11.3. The van der Waals surface area contributed by atoms with Crippen molar-refractivity contribution < 1.29 is 14.6 Å². The lowest BCUT2D eigenvalue weighted by Crippen LogP contribution is -2.06. The molecule has 0 aliphatic rings. The first-order chi connectivity index (χ1) is 15.6. The number of carboxylic acid groups (broad SMARTS) is 1. The summed E-state index contributed by atoms with van der Waals surface area (Å²) in [6, 6.07) is 14.4. The fourth-order valence-electron chi connectivity index (χ4n) is 3.54. The second kappa shape index (κ2) is 9.74. The maximum Gasteiger partial charge on any atom is 0.316 e. The molecule has 1 atom stereocenters. The number of fused-ring (bicyclic) bond motifs is 1. The highest BCUT2D eigenvalue weighted by atomic mass is 32.1. The average molecular weight is 449 g/mol. The summed E-state index contributed by atoms with van der Waals surface area (Å²) < 4.78 is 6.44. The Morgan fingerprint density at radius 2 is 1.94 bits per heavy atom. The van der Waals surface area contributed by atoms with Gasteiger partial charge in [0.2, 0.25) is 0 Å². The zero-order valence-electron chi connectivity index (χ0n) is 17.9. The lowest BCUT2D eigenvalue weighted by Gasteiger charge is -2.17. The molecule has 32 heavy (non-hydrogen) atoms. The summed E-state index contributed by atoms with van der Waals surface area (Å²) in [5, 5.41) is 13.6. The quantitative estimate of drug-likeness (QED) is 0.331. The zero-order valence-corrected chi connectivity index (χ0v) is 18.7. The third kappa shape index (κ3) is 4.86. The largest absolute Gasteiger partial charge is 0.481 e. The van der Waals surface area contributed by atoms with E-state index in [2.05, 4.69) is 21.4 Å². The van der Waals surface area contributed by atoms with Gasteiger partial charge in [-0.3, -0.25) is 4.79 Å². The molecule has 4 aromatic rings. The van der Waals surface area contributed by atoms with Gasteiger partial charge in [0, 0.05) is 11.3 Å². The van der Waals surface area contributed by atoms with Crippen molar-refractivity contribution >= 4 is 38.9 Å². The van der Waals surface area contributed by atoms with Crippen LogP contribution in [0.4, 0.5) is 11.4 Å². The highest BCUT2D eigenvalue weighted by molar-refractivity contribution is 7.21. The summed E-state index contributed by atoms with van der Waals surface area (Å²) in [5.41, 5.74) is 4.39. The molecule has 0 saturated heterocycles. The van der Waals surface area contributed by atoms with Gasteiger partial charge in [-0.15, -0.1) is 11.3 Å². The molecule has 7 nitrogen and oxygen atoms in total. The Labute approximate surface area is 190 Å². The van der Waals surface area contributed by atoms with E-state index in [-0.39, 0.29) is 12.3 Å². The fraction of sp³-hybridized carbons (Fsp3) is 0.250. The second-order valence-electron chi connectivity index (χ2n) is 7.31. The molecule has 0 radical (unpaired) electrons. The van der Waals surface area contributed by atoms with Gasteiger partial charge in [-0.2, -0.15) is 0 Å². The standard InChI is InChI=1S/C24H24N4O3S/c1-3-15(12-22(29)30)16-9-10-18(23-28-19-7-5-6-8-21(19)32-23)20(11-16)27-17-13-25-24(26-14-17)31-4-2/h5-11,13-15,27H,3-4,12H2,1-2H3,(H,29,30)/t15-/m1/s1. The number of rotatable bonds is 9. The van der Waals surface area contributed by atoms with Gasteiger partial charge >= 0.3 is 12.0 Å². The van der Waals surface area contributed by atoms with Crippen LogP contribution in [0.5, 0.6) is 6.01 Å². The molecule has 0 bridgehead atoms. The minimum atomic E-state index is -0.804. The van der Waals surface area contributed by atoms with Crippen LogP contribution in [-0.4, -0.2) is 32.6 Å². The number of carbonyl (C=O) groups is 1. The third-order valence-electron chi connectivity index (χ3n) is 5.13. The maximum absolute atomic E-state index is 11.3. The van der Waals surface area contributed by atoms with Gasteiger partial charge in [0.1, 0.15) is 5.01 Å². The summed E-state index contributed by atoms with van der Waals surface area (Å²) >= 11 is 1.62. The Bertz CT molecular complexity index is 1190. The van der Waals surface area contributed by atoms with Crippen molar-refractivity contribution in [3.8, 4) is 16.6 Å². The fourth-order valence-corrected chi connectivity index (χ4v) is 4.55.